The predicted octanol–water partition coefficient (Wildman–Crippen LogP) is 1.77. The van der Waals surface area contributed by atoms with E-state index >= 15 is 0 Å². The first-order valence-corrected chi connectivity index (χ1v) is 8.35. The maximum absolute atomic E-state index is 11.2. The number of piperidine rings is 1. The molecule has 23 heavy (non-hydrogen) atoms. The summed E-state index contributed by atoms with van der Waals surface area (Å²) in [4.78, 5) is 13.4. The quantitative estimate of drug-likeness (QED) is 0.803. The van der Waals surface area contributed by atoms with Gasteiger partial charge in [0.15, 0.2) is 0 Å². The van der Waals surface area contributed by atoms with Gasteiger partial charge >= 0.3 is 0 Å². The fourth-order valence-corrected chi connectivity index (χ4v) is 3.30. The lowest BCUT2D eigenvalue weighted by Gasteiger charge is -2.36. The number of aryl methyl sites for hydroxylation is 2. The monoisotopic (exact) mass is 320 g/mol. The second-order valence-electron chi connectivity index (χ2n) is 6.60. The minimum absolute atomic E-state index is 0.150. The molecule has 3 N–H and O–H groups in total. The van der Waals surface area contributed by atoms with Crippen molar-refractivity contribution >= 4 is 5.91 Å². The number of nitrogens with two attached hydrogens (primary N) is 1. The van der Waals surface area contributed by atoms with Crippen LogP contribution in [0.4, 0.5) is 0 Å². The Kier molecular flexibility index (Phi) is 6.42. The van der Waals surface area contributed by atoms with Crippen LogP contribution in [-0.2, 0) is 4.79 Å². The third-order valence-electron chi connectivity index (χ3n) is 4.27. The van der Waals surface area contributed by atoms with Crippen LogP contribution in [0.2, 0.25) is 0 Å². The number of amides is 1. The van der Waals surface area contributed by atoms with Gasteiger partial charge in [0.05, 0.1) is 0 Å². The van der Waals surface area contributed by atoms with E-state index in [4.69, 9.17) is 10.5 Å². The molecule has 2 rings (SSSR count). The van der Waals surface area contributed by atoms with Gasteiger partial charge in [0.25, 0.3) is 0 Å². The molecule has 5 nitrogen and oxygen atoms in total. The highest BCUT2D eigenvalue weighted by Crippen LogP contribution is 2.20. The Bertz CT molecular complexity index is 513. The number of ether oxygens (including phenoxy) is 1. The Balaban J connectivity index is 1.85. The minimum atomic E-state index is -0.579. The zero-order chi connectivity index (χ0) is 16.8. The van der Waals surface area contributed by atoms with Crippen molar-refractivity contribution in [3.05, 3.63) is 29.3 Å². The van der Waals surface area contributed by atoms with E-state index in [2.05, 4.69) is 11.0 Å². The Labute approximate surface area is 138 Å². The molecule has 1 aliphatic heterocycles. The van der Waals surface area contributed by atoms with E-state index in [9.17, 15) is 9.90 Å². The number of primary amides is 1. The number of likely N-dealkylation sites (tertiary alicyclic amines) is 1. The summed E-state index contributed by atoms with van der Waals surface area (Å²) in [7, 11) is 0. The number of aliphatic hydroxyl groups excluding tert-OH is 1. The maximum Gasteiger partial charge on any atom is 0.218 e. The van der Waals surface area contributed by atoms with Crippen LogP contribution in [0.5, 0.6) is 5.75 Å². The first-order valence-electron chi connectivity index (χ1n) is 8.35. The van der Waals surface area contributed by atoms with Crippen LogP contribution < -0.4 is 10.5 Å². The van der Waals surface area contributed by atoms with E-state index < -0.39 is 6.10 Å². The lowest BCUT2D eigenvalue weighted by molar-refractivity contribution is -0.119. The van der Waals surface area contributed by atoms with Crippen LogP contribution in [0.1, 0.15) is 36.8 Å². The van der Waals surface area contributed by atoms with Crippen molar-refractivity contribution < 1.29 is 14.6 Å². The molecule has 2 atom stereocenters. The van der Waals surface area contributed by atoms with Crippen molar-refractivity contribution in [1.29, 1.82) is 0 Å². The van der Waals surface area contributed by atoms with Gasteiger partial charge in [-0.25, -0.2) is 0 Å². The van der Waals surface area contributed by atoms with Crippen LogP contribution in [0, 0.1) is 13.8 Å². The molecule has 0 aromatic heterocycles. The van der Waals surface area contributed by atoms with E-state index in [1.807, 2.05) is 26.0 Å². The van der Waals surface area contributed by atoms with E-state index in [1.54, 1.807) is 0 Å². The molecule has 0 bridgehead atoms. The summed E-state index contributed by atoms with van der Waals surface area (Å²) in [6.07, 6.45) is 2.96. The first kappa shape index (κ1) is 17.8. The van der Waals surface area contributed by atoms with Gasteiger partial charge in [-0.2, -0.15) is 0 Å². The van der Waals surface area contributed by atoms with Gasteiger partial charge in [-0.1, -0.05) is 12.5 Å². The number of nitrogens with zero attached hydrogens (tertiary/aromatic N) is 1. The average Bonchev–Trinajstić information content (AvgIpc) is 2.46. The van der Waals surface area contributed by atoms with Crippen LogP contribution >= 0.6 is 0 Å². The molecule has 1 amide bonds. The molecule has 0 aliphatic carbocycles. The summed E-state index contributed by atoms with van der Waals surface area (Å²) in [6, 6.07) is 6.18. The summed E-state index contributed by atoms with van der Waals surface area (Å²) < 4.78 is 5.72. The van der Waals surface area contributed by atoms with Gasteiger partial charge in [-0.3, -0.25) is 9.69 Å². The third kappa shape index (κ3) is 5.84. The number of rotatable bonds is 7. The number of hydrogen-bond donors (Lipinski definition) is 2. The van der Waals surface area contributed by atoms with Crippen molar-refractivity contribution in [3.63, 3.8) is 0 Å². The number of benzene rings is 1. The molecule has 0 saturated carbocycles. The second-order valence-corrected chi connectivity index (χ2v) is 6.60. The largest absolute Gasteiger partial charge is 0.491 e. The van der Waals surface area contributed by atoms with Crippen molar-refractivity contribution in [2.24, 2.45) is 5.73 Å². The zero-order valence-electron chi connectivity index (χ0n) is 14.1. The molecule has 1 heterocycles. The summed E-state index contributed by atoms with van der Waals surface area (Å²) in [5, 5.41) is 10.3. The van der Waals surface area contributed by atoms with Gasteiger partial charge in [0, 0.05) is 19.0 Å². The van der Waals surface area contributed by atoms with Gasteiger partial charge in [-0.05, 0) is 56.5 Å². The minimum Gasteiger partial charge on any atom is -0.491 e. The molecule has 1 aromatic carbocycles. The summed E-state index contributed by atoms with van der Waals surface area (Å²) in [6.45, 7) is 5.72. The number of carbonyl (C=O) groups is 1. The highest BCUT2D eigenvalue weighted by Gasteiger charge is 2.25. The fourth-order valence-electron chi connectivity index (χ4n) is 3.30. The summed E-state index contributed by atoms with van der Waals surface area (Å²) in [5.74, 6) is 0.511. The van der Waals surface area contributed by atoms with Crippen molar-refractivity contribution in [2.75, 3.05) is 19.7 Å². The standard InChI is InChI=1S/C18H28N2O3/c1-13-7-14(2)9-17(8-13)23-12-16(21)11-20-6-4-3-5-15(20)10-18(19)22/h7-9,15-16,21H,3-6,10-12H2,1-2H3,(H2,19,22). The predicted molar refractivity (Wildman–Crippen MR) is 90.4 cm³/mol. The fraction of sp³-hybridized carbons (Fsp3) is 0.611. The Morgan fingerprint density at radius 1 is 1.35 bits per heavy atom. The first-order chi connectivity index (χ1) is 10.9. The summed E-state index contributed by atoms with van der Waals surface area (Å²) in [5.41, 5.74) is 7.62. The highest BCUT2D eigenvalue weighted by molar-refractivity contribution is 5.74. The molecular formula is C18H28N2O3. The number of carbonyl (C=O) groups excluding carboxylic acids is 1. The van der Waals surface area contributed by atoms with Gasteiger partial charge < -0.3 is 15.6 Å². The molecule has 0 spiro atoms. The van der Waals surface area contributed by atoms with E-state index in [-0.39, 0.29) is 18.6 Å². The second kappa shape index (κ2) is 8.31. The summed E-state index contributed by atoms with van der Waals surface area (Å²) >= 11 is 0. The molecule has 1 fully saturated rings. The van der Waals surface area contributed by atoms with E-state index in [1.165, 1.54) is 0 Å². The molecule has 5 heteroatoms. The zero-order valence-corrected chi connectivity index (χ0v) is 14.1. The number of hydrogen-bond acceptors (Lipinski definition) is 4. The van der Waals surface area contributed by atoms with Crippen molar-refractivity contribution in [3.8, 4) is 5.75 Å². The normalized spacial score (nSPS) is 20.2. The number of β-amino-alcohol motifs (C(OH)–C–C–N with tert-alkyl or cyclic N) is 1. The molecule has 1 aliphatic rings. The van der Waals surface area contributed by atoms with Crippen LogP contribution in [-0.4, -0.2) is 47.8 Å². The molecule has 2 unspecified atom stereocenters. The average molecular weight is 320 g/mol. The lowest BCUT2D eigenvalue weighted by Crippen LogP contribution is -2.46. The maximum atomic E-state index is 11.2. The smallest absolute Gasteiger partial charge is 0.218 e. The Morgan fingerprint density at radius 2 is 2.04 bits per heavy atom. The Hall–Kier alpha value is -1.59. The van der Waals surface area contributed by atoms with Crippen LogP contribution in [0.15, 0.2) is 18.2 Å². The molecule has 128 valence electrons. The van der Waals surface area contributed by atoms with Gasteiger partial charge in [0.2, 0.25) is 5.91 Å². The van der Waals surface area contributed by atoms with Gasteiger partial charge in [0.1, 0.15) is 18.5 Å². The van der Waals surface area contributed by atoms with E-state index in [0.717, 1.165) is 42.7 Å². The van der Waals surface area contributed by atoms with Gasteiger partial charge in [-0.15, -0.1) is 0 Å². The molecule has 1 saturated heterocycles. The van der Waals surface area contributed by atoms with Crippen molar-refractivity contribution in [2.45, 2.75) is 51.7 Å². The SMILES string of the molecule is Cc1cc(C)cc(OCC(O)CN2CCCCC2CC(N)=O)c1. The van der Waals surface area contributed by atoms with Crippen LogP contribution in [0.25, 0.3) is 0 Å². The Morgan fingerprint density at radius 3 is 2.70 bits per heavy atom. The molecule has 1 aromatic rings. The highest BCUT2D eigenvalue weighted by atomic mass is 16.5. The number of aliphatic hydroxyl groups is 1. The van der Waals surface area contributed by atoms with Crippen molar-refractivity contribution in [1.82, 2.24) is 4.90 Å². The van der Waals surface area contributed by atoms with E-state index in [0.29, 0.717) is 13.0 Å². The lowest BCUT2D eigenvalue weighted by atomic mass is 9.98. The third-order valence-corrected chi connectivity index (χ3v) is 4.27. The molecule has 0 radical (unpaired) electrons. The molecular weight excluding hydrogens is 292 g/mol. The van der Waals surface area contributed by atoms with Crippen LogP contribution in [0.3, 0.4) is 0 Å². The topological polar surface area (TPSA) is 75.8 Å².